The van der Waals surface area contributed by atoms with E-state index in [9.17, 15) is 4.79 Å². The summed E-state index contributed by atoms with van der Waals surface area (Å²) in [6, 6.07) is 3.97. The number of hydrogen-bond donors (Lipinski definition) is 2. The molecule has 3 aromatic rings. The number of thiophene rings is 1. The molecule has 5 nitrogen and oxygen atoms in total. The van der Waals surface area contributed by atoms with Gasteiger partial charge in [0.15, 0.2) is 0 Å². The zero-order valence-electron chi connectivity index (χ0n) is 11.9. The second-order valence-corrected chi connectivity index (χ2v) is 5.93. The van der Waals surface area contributed by atoms with Gasteiger partial charge >= 0.3 is 0 Å². The van der Waals surface area contributed by atoms with E-state index < -0.39 is 0 Å². The van der Waals surface area contributed by atoms with Crippen LogP contribution in [-0.4, -0.2) is 21.1 Å². The second-order valence-electron chi connectivity index (χ2n) is 5.02. The number of nitrogens with zero attached hydrogens (tertiary/aromatic N) is 2. The smallest absolute Gasteiger partial charge is 0.268 e. The van der Waals surface area contributed by atoms with Crippen molar-refractivity contribution in [1.29, 1.82) is 0 Å². The summed E-state index contributed by atoms with van der Waals surface area (Å²) in [5.41, 5.74) is 1.96. The van der Waals surface area contributed by atoms with E-state index in [-0.39, 0.29) is 5.56 Å². The molecule has 0 unspecified atom stereocenters. The number of H-pyrrole nitrogens is 1. The van der Waals surface area contributed by atoms with E-state index in [1.54, 1.807) is 0 Å². The van der Waals surface area contributed by atoms with Crippen molar-refractivity contribution in [2.45, 2.75) is 26.4 Å². The van der Waals surface area contributed by atoms with Crippen molar-refractivity contribution in [3.63, 3.8) is 0 Å². The molecular weight excluding hydrogens is 284 g/mol. The fourth-order valence-corrected chi connectivity index (χ4v) is 3.00. The Bertz CT molecular complexity index is 786. The molecule has 0 aliphatic rings. The van der Waals surface area contributed by atoms with E-state index in [0.29, 0.717) is 17.1 Å². The number of nitrogens with one attached hydrogen (secondary N) is 2. The average molecular weight is 302 g/mol. The molecule has 0 saturated heterocycles. The van der Waals surface area contributed by atoms with Crippen molar-refractivity contribution >= 4 is 21.6 Å². The molecular formula is C15H18N4OS. The average Bonchev–Trinajstić information content (AvgIpc) is 3.09. The molecule has 0 radical (unpaired) electrons. The first-order valence-corrected chi connectivity index (χ1v) is 7.96. The molecule has 0 saturated carbocycles. The third-order valence-corrected chi connectivity index (χ3v) is 4.17. The van der Waals surface area contributed by atoms with Crippen LogP contribution in [0, 0.1) is 0 Å². The summed E-state index contributed by atoms with van der Waals surface area (Å²) in [5, 5.41) is 5.27. The lowest BCUT2D eigenvalue weighted by molar-refractivity contribution is 0.672. The Morgan fingerprint density at radius 1 is 1.43 bits per heavy atom. The van der Waals surface area contributed by atoms with Gasteiger partial charge in [-0.3, -0.25) is 4.79 Å². The Morgan fingerprint density at radius 2 is 2.33 bits per heavy atom. The largest absolute Gasteiger partial charge is 0.346 e. The summed E-state index contributed by atoms with van der Waals surface area (Å²) >= 11 is 1.42. The van der Waals surface area contributed by atoms with Gasteiger partial charge in [-0.25, -0.2) is 4.98 Å². The Kier molecular flexibility index (Phi) is 4.17. The maximum atomic E-state index is 11.9. The van der Waals surface area contributed by atoms with Gasteiger partial charge in [-0.05, 0) is 36.0 Å². The van der Waals surface area contributed by atoms with E-state index in [1.165, 1.54) is 16.9 Å². The maximum absolute atomic E-state index is 11.9. The van der Waals surface area contributed by atoms with Crippen LogP contribution in [0.2, 0.25) is 0 Å². The van der Waals surface area contributed by atoms with Gasteiger partial charge < -0.3 is 14.9 Å². The highest BCUT2D eigenvalue weighted by Crippen LogP contribution is 2.14. The number of hydrogen-bond acceptors (Lipinski definition) is 4. The number of rotatable bonds is 6. The summed E-state index contributed by atoms with van der Waals surface area (Å²) in [7, 11) is 0. The van der Waals surface area contributed by atoms with Crippen molar-refractivity contribution in [1.82, 2.24) is 19.9 Å². The minimum Gasteiger partial charge on any atom is -0.346 e. The van der Waals surface area contributed by atoms with E-state index in [4.69, 9.17) is 0 Å². The number of aromatic nitrogens is 3. The molecule has 0 bridgehead atoms. The summed E-state index contributed by atoms with van der Waals surface area (Å²) in [4.78, 5) is 19.3. The van der Waals surface area contributed by atoms with E-state index in [1.807, 2.05) is 22.2 Å². The van der Waals surface area contributed by atoms with Gasteiger partial charge in [-0.1, -0.05) is 6.92 Å². The topological polar surface area (TPSA) is 62.7 Å². The van der Waals surface area contributed by atoms with Crippen LogP contribution in [0.1, 0.15) is 24.7 Å². The first kappa shape index (κ1) is 14.0. The Labute approximate surface area is 126 Å². The minimum absolute atomic E-state index is 0.0537. The molecule has 3 heterocycles. The highest BCUT2D eigenvalue weighted by Gasteiger charge is 2.05. The monoisotopic (exact) mass is 302 g/mol. The lowest BCUT2D eigenvalue weighted by atomic mass is 10.3. The first-order chi connectivity index (χ1) is 10.3. The van der Waals surface area contributed by atoms with Gasteiger partial charge in [0.1, 0.15) is 10.5 Å². The van der Waals surface area contributed by atoms with Crippen LogP contribution in [0.25, 0.3) is 10.2 Å². The molecule has 3 rings (SSSR count). The third kappa shape index (κ3) is 3.22. The predicted molar refractivity (Wildman–Crippen MR) is 85.8 cm³/mol. The fraction of sp³-hybridized carbons (Fsp3) is 0.333. The summed E-state index contributed by atoms with van der Waals surface area (Å²) in [6.07, 6.45) is 5.23. The van der Waals surface area contributed by atoms with Crippen LogP contribution in [0.5, 0.6) is 0 Å². The van der Waals surface area contributed by atoms with E-state index in [2.05, 4.69) is 34.5 Å². The molecule has 0 aliphatic carbocycles. The number of fused-ring (bicyclic) bond motifs is 1. The molecule has 3 aromatic heterocycles. The molecule has 0 spiro atoms. The van der Waals surface area contributed by atoms with Gasteiger partial charge in [-0.15, -0.1) is 11.3 Å². The van der Waals surface area contributed by atoms with Gasteiger partial charge in [0, 0.05) is 18.9 Å². The van der Waals surface area contributed by atoms with Crippen LogP contribution in [0.4, 0.5) is 0 Å². The lowest BCUT2D eigenvalue weighted by Crippen LogP contribution is -2.14. The molecule has 0 fully saturated rings. The van der Waals surface area contributed by atoms with Crippen molar-refractivity contribution in [2.24, 2.45) is 0 Å². The lowest BCUT2D eigenvalue weighted by Gasteiger charge is -2.03. The highest BCUT2D eigenvalue weighted by atomic mass is 32.1. The first-order valence-electron chi connectivity index (χ1n) is 7.08. The quantitative estimate of drug-likeness (QED) is 0.687. The Hall–Kier alpha value is -1.92. The van der Waals surface area contributed by atoms with Crippen molar-refractivity contribution in [2.75, 3.05) is 6.54 Å². The van der Waals surface area contributed by atoms with Gasteiger partial charge in [0.05, 0.1) is 12.1 Å². The maximum Gasteiger partial charge on any atom is 0.268 e. The van der Waals surface area contributed by atoms with Crippen LogP contribution < -0.4 is 10.9 Å². The SMILES string of the molecule is CCCNCc1ccn(Cc2nc3ccsc3c(=O)[nH]2)c1. The zero-order chi connectivity index (χ0) is 14.7. The molecule has 0 aromatic carbocycles. The minimum atomic E-state index is -0.0537. The highest BCUT2D eigenvalue weighted by molar-refractivity contribution is 7.17. The normalized spacial score (nSPS) is 11.3. The van der Waals surface area contributed by atoms with Gasteiger partial charge in [0.25, 0.3) is 5.56 Å². The third-order valence-electron chi connectivity index (χ3n) is 3.26. The van der Waals surface area contributed by atoms with E-state index in [0.717, 1.165) is 25.0 Å². The van der Waals surface area contributed by atoms with E-state index >= 15 is 0 Å². The molecule has 110 valence electrons. The summed E-state index contributed by atoms with van der Waals surface area (Å²) in [6.45, 7) is 4.62. The fourth-order valence-electron chi connectivity index (χ4n) is 2.27. The molecule has 6 heteroatoms. The second kappa shape index (κ2) is 6.24. The van der Waals surface area contributed by atoms with Crippen molar-refractivity contribution in [3.05, 3.63) is 51.6 Å². The van der Waals surface area contributed by atoms with Crippen LogP contribution >= 0.6 is 11.3 Å². The molecule has 0 amide bonds. The Morgan fingerprint density at radius 3 is 3.19 bits per heavy atom. The van der Waals surface area contributed by atoms with Crippen LogP contribution in [-0.2, 0) is 13.1 Å². The van der Waals surface area contributed by atoms with Crippen molar-refractivity contribution < 1.29 is 0 Å². The molecule has 0 atom stereocenters. The molecule has 2 N–H and O–H groups in total. The summed E-state index contributed by atoms with van der Waals surface area (Å²) in [5.74, 6) is 0.689. The Balaban J connectivity index is 1.74. The van der Waals surface area contributed by atoms with Crippen LogP contribution in [0.15, 0.2) is 34.7 Å². The predicted octanol–water partition coefficient (Wildman–Crippen LogP) is 2.33. The van der Waals surface area contributed by atoms with Gasteiger partial charge in [-0.2, -0.15) is 0 Å². The zero-order valence-corrected chi connectivity index (χ0v) is 12.7. The van der Waals surface area contributed by atoms with Gasteiger partial charge in [0.2, 0.25) is 0 Å². The number of aromatic amines is 1. The molecule has 0 aliphatic heterocycles. The van der Waals surface area contributed by atoms with Crippen molar-refractivity contribution in [3.8, 4) is 0 Å². The van der Waals surface area contributed by atoms with Crippen LogP contribution in [0.3, 0.4) is 0 Å². The standard InChI is InChI=1S/C15H18N4OS/c1-2-5-16-8-11-3-6-19(9-11)10-13-17-12-4-7-21-14(12)15(20)18-13/h3-4,6-7,9,16H,2,5,8,10H2,1H3,(H,17,18,20). The molecule has 21 heavy (non-hydrogen) atoms. The summed E-state index contributed by atoms with van der Waals surface area (Å²) < 4.78 is 2.73.